The molecule has 6 heteroatoms. The molecule has 0 aromatic carbocycles. The van der Waals surface area contributed by atoms with Crippen LogP contribution in [0.15, 0.2) is 12.5 Å². The van der Waals surface area contributed by atoms with Crippen LogP contribution in [0.1, 0.15) is 36.3 Å². The third-order valence-corrected chi connectivity index (χ3v) is 3.08. The highest BCUT2D eigenvalue weighted by molar-refractivity contribution is 5.98. The van der Waals surface area contributed by atoms with Crippen LogP contribution in [-0.4, -0.2) is 30.9 Å². The van der Waals surface area contributed by atoms with Gasteiger partial charge in [-0.25, -0.2) is 15.0 Å². The number of Topliss-reactive ketones (excluding diaryl/α,β-unsaturated/α-hetero) is 1. The van der Waals surface area contributed by atoms with Crippen LogP contribution in [0.3, 0.4) is 0 Å². The molecule has 1 N–H and O–H groups in total. The highest BCUT2D eigenvalue weighted by Crippen LogP contribution is 2.33. The fourth-order valence-corrected chi connectivity index (χ4v) is 2.26. The number of ketones is 1. The molecule has 2 aromatic rings. The molecule has 0 unspecified atom stereocenters. The summed E-state index contributed by atoms with van der Waals surface area (Å²) in [6.07, 6.45) is 4.33. The number of hydrogen-bond donors (Lipinski definition) is 1. The van der Waals surface area contributed by atoms with E-state index in [0.717, 1.165) is 12.1 Å². The van der Waals surface area contributed by atoms with Gasteiger partial charge in [0.2, 0.25) is 0 Å². The molecule has 2 heterocycles. The minimum absolute atomic E-state index is 0.0445. The Hall–Kier alpha value is -2.11. The monoisotopic (exact) mass is 243 g/mol. The van der Waals surface area contributed by atoms with Crippen molar-refractivity contribution in [2.75, 3.05) is 0 Å². The molecule has 0 spiro atoms. The predicted molar refractivity (Wildman–Crippen MR) is 63.8 cm³/mol. The second kappa shape index (κ2) is 3.69. The Morgan fingerprint density at radius 3 is 2.83 bits per heavy atom. The van der Waals surface area contributed by atoms with E-state index in [-0.39, 0.29) is 11.2 Å². The molecular formula is C12H13N5O. The Kier molecular flexibility index (Phi) is 2.26. The lowest BCUT2D eigenvalue weighted by Gasteiger charge is -2.29. The zero-order valence-electron chi connectivity index (χ0n) is 10.3. The van der Waals surface area contributed by atoms with Crippen molar-refractivity contribution in [1.29, 1.82) is 0 Å². The molecule has 1 aliphatic rings. The van der Waals surface area contributed by atoms with Gasteiger partial charge in [0.25, 0.3) is 0 Å². The smallest absolute Gasteiger partial charge is 0.197 e. The first kappa shape index (κ1) is 11.0. The Morgan fingerprint density at radius 1 is 1.28 bits per heavy atom. The van der Waals surface area contributed by atoms with Crippen molar-refractivity contribution in [3.8, 4) is 11.6 Å². The van der Waals surface area contributed by atoms with E-state index in [4.69, 9.17) is 0 Å². The van der Waals surface area contributed by atoms with Crippen molar-refractivity contribution in [3.63, 3.8) is 0 Å². The highest BCUT2D eigenvalue weighted by Gasteiger charge is 2.32. The Bertz CT molecular complexity index is 603. The fourth-order valence-electron chi connectivity index (χ4n) is 2.26. The molecule has 0 saturated carbocycles. The number of rotatable bonds is 1. The molecule has 18 heavy (non-hydrogen) atoms. The molecule has 0 aliphatic heterocycles. The van der Waals surface area contributed by atoms with Gasteiger partial charge in [-0.05, 0) is 11.8 Å². The van der Waals surface area contributed by atoms with Gasteiger partial charge in [0, 0.05) is 12.6 Å². The second-order valence-electron chi connectivity index (χ2n) is 5.33. The Labute approximate surface area is 104 Å². The summed E-state index contributed by atoms with van der Waals surface area (Å²) < 4.78 is 0. The molecule has 0 fully saturated rings. The molecule has 1 aliphatic carbocycles. The van der Waals surface area contributed by atoms with Crippen molar-refractivity contribution in [2.24, 2.45) is 5.41 Å². The van der Waals surface area contributed by atoms with E-state index in [0.29, 0.717) is 23.6 Å². The molecule has 92 valence electrons. The second-order valence-corrected chi connectivity index (χ2v) is 5.33. The maximum absolute atomic E-state index is 12.0. The van der Waals surface area contributed by atoms with E-state index < -0.39 is 0 Å². The molecule has 3 rings (SSSR count). The van der Waals surface area contributed by atoms with Gasteiger partial charge in [0.1, 0.15) is 6.33 Å². The first-order valence-electron chi connectivity index (χ1n) is 5.80. The summed E-state index contributed by atoms with van der Waals surface area (Å²) in [6.45, 7) is 4.15. The first-order chi connectivity index (χ1) is 8.55. The van der Waals surface area contributed by atoms with Crippen molar-refractivity contribution < 1.29 is 4.79 Å². The third-order valence-electron chi connectivity index (χ3n) is 3.08. The van der Waals surface area contributed by atoms with Crippen LogP contribution < -0.4 is 0 Å². The van der Waals surface area contributed by atoms with Crippen molar-refractivity contribution in [2.45, 2.75) is 26.7 Å². The number of nitrogens with zero attached hydrogens (tertiary/aromatic N) is 4. The normalized spacial score (nSPS) is 17.6. The minimum Gasteiger partial charge on any atom is -0.294 e. The van der Waals surface area contributed by atoms with Gasteiger partial charge in [-0.2, -0.15) is 5.10 Å². The lowest BCUT2D eigenvalue weighted by atomic mass is 9.76. The van der Waals surface area contributed by atoms with E-state index in [1.54, 1.807) is 6.20 Å². The van der Waals surface area contributed by atoms with Crippen LogP contribution in [-0.2, 0) is 6.42 Å². The van der Waals surface area contributed by atoms with Crippen LogP contribution in [0.4, 0.5) is 0 Å². The molecule has 0 bridgehead atoms. The van der Waals surface area contributed by atoms with Crippen LogP contribution in [0, 0.1) is 5.41 Å². The standard InChI is InChI=1S/C12H13N5O/c1-12(2)3-8-7(9(18)4-12)5-13-10(16-8)11-14-6-15-17-11/h5-6H,3-4H2,1-2H3,(H,14,15,17). The topological polar surface area (TPSA) is 84.4 Å². The Morgan fingerprint density at radius 2 is 2.11 bits per heavy atom. The molecule has 0 saturated heterocycles. The molecule has 0 radical (unpaired) electrons. The van der Waals surface area contributed by atoms with Gasteiger partial charge in [-0.1, -0.05) is 13.8 Å². The number of aromatic nitrogens is 5. The van der Waals surface area contributed by atoms with Crippen molar-refractivity contribution in [1.82, 2.24) is 25.1 Å². The SMILES string of the molecule is CC1(C)CC(=O)c2cnc(-c3ncn[nH]3)nc2C1. The summed E-state index contributed by atoms with van der Waals surface area (Å²) in [5.41, 5.74) is 1.40. The average molecular weight is 243 g/mol. The number of carbonyl (C=O) groups is 1. The Balaban J connectivity index is 2.08. The van der Waals surface area contributed by atoms with Crippen LogP contribution >= 0.6 is 0 Å². The van der Waals surface area contributed by atoms with Crippen molar-refractivity contribution >= 4 is 5.78 Å². The summed E-state index contributed by atoms with van der Waals surface area (Å²) in [4.78, 5) is 24.6. The first-order valence-corrected chi connectivity index (χ1v) is 5.80. The van der Waals surface area contributed by atoms with E-state index >= 15 is 0 Å². The zero-order valence-corrected chi connectivity index (χ0v) is 10.3. The molecule has 6 nitrogen and oxygen atoms in total. The fraction of sp³-hybridized carbons (Fsp3) is 0.417. The molecule has 2 aromatic heterocycles. The van der Waals surface area contributed by atoms with Gasteiger partial charge in [0.05, 0.1) is 11.3 Å². The van der Waals surface area contributed by atoms with E-state index in [9.17, 15) is 4.79 Å². The number of aromatic amines is 1. The number of H-pyrrole nitrogens is 1. The van der Waals surface area contributed by atoms with Gasteiger partial charge in [0.15, 0.2) is 17.4 Å². The maximum Gasteiger partial charge on any atom is 0.197 e. The minimum atomic E-state index is -0.0445. The zero-order chi connectivity index (χ0) is 12.8. The number of hydrogen-bond acceptors (Lipinski definition) is 5. The molecule has 0 amide bonds. The van der Waals surface area contributed by atoms with Crippen LogP contribution in [0.5, 0.6) is 0 Å². The largest absolute Gasteiger partial charge is 0.294 e. The highest BCUT2D eigenvalue weighted by atomic mass is 16.1. The van der Waals surface area contributed by atoms with Crippen LogP contribution in [0.25, 0.3) is 11.6 Å². The average Bonchev–Trinajstić information content (AvgIpc) is 2.79. The molecular weight excluding hydrogens is 230 g/mol. The van der Waals surface area contributed by atoms with Gasteiger partial charge in [-0.15, -0.1) is 0 Å². The summed E-state index contributed by atoms with van der Waals surface area (Å²) in [6, 6.07) is 0. The predicted octanol–water partition coefficient (Wildman–Crippen LogP) is 1.42. The van der Waals surface area contributed by atoms with Gasteiger partial charge < -0.3 is 0 Å². The summed E-state index contributed by atoms with van der Waals surface area (Å²) >= 11 is 0. The quantitative estimate of drug-likeness (QED) is 0.818. The van der Waals surface area contributed by atoms with E-state index in [1.807, 2.05) is 0 Å². The van der Waals surface area contributed by atoms with E-state index in [2.05, 4.69) is 39.0 Å². The third kappa shape index (κ3) is 1.79. The summed E-state index contributed by atoms with van der Waals surface area (Å²) in [5, 5.41) is 6.49. The van der Waals surface area contributed by atoms with Crippen LogP contribution in [0.2, 0.25) is 0 Å². The van der Waals surface area contributed by atoms with Gasteiger partial charge in [-0.3, -0.25) is 9.89 Å². The van der Waals surface area contributed by atoms with Crippen molar-refractivity contribution in [3.05, 3.63) is 23.8 Å². The summed E-state index contributed by atoms with van der Waals surface area (Å²) in [7, 11) is 0. The number of carbonyl (C=O) groups excluding carboxylic acids is 1. The molecule has 0 atom stereocenters. The van der Waals surface area contributed by atoms with E-state index in [1.165, 1.54) is 6.33 Å². The lowest BCUT2D eigenvalue weighted by Crippen LogP contribution is -2.28. The maximum atomic E-state index is 12.0. The number of nitrogens with one attached hydrogen (secondary N) is 1. The lowest BCUT2D eigenvalue weighted by molar-refractivity contribution is 0.0910. The summed E-state index contributed by atoms with van der Waals surface area (Å²) in [5.74, 6) is 1.12. The van der Waals surface area contributed by atoms with Gasteiger partial charge >= 0.3 is 0 Å². The number of fused-ring (bicyclic) bond motifs is 1.